The van der Waals surface area contributed by atoms with Crippen molar-refractivity contribution in [3.8, 4) is 0 Å². The standard InChI is InChI=1S/C16H17BrN4S/c1-8-10(3)22-16-13(8)14(18)20-15(21-16)9(2)19-12-6-4-11(17)5-7-12/h4-7,9,19H,1-3H3,(H2,18,20,21). The van der Waals surface area contributed by atoms with Crippen LogP contribution in [0.1, 0.15) is 29.2 Å². The first-order valence-corrected chi connectivity index (χ1v) is 8.62. The number of aromatic nitrogens is 2. The number of benzene rings is 1. The molecule has 0 aliphatic carbocycles. The summed E-state index contributed by atoms with van der Waals surface area (Å²) >= 11 is 5.10. The van der Waals surface area contributed by atoms with Crippen LogP contribution in [-0.2, 0) is 0 Å². The van der Waals surface area contributed by atoms with Gasteiger partial charge in [-0.05, 0) is 50.6 Å². The monoisotopic (exact) mass is 376 g/mol. The number of fused-ring (bicyclic) bond motifs is 1. The molecule has 0 saturated heterocycles. The van der Waals surface area contributed by atoms with E-state index in [1.165, 1.54) is 10.4 Å². The molecule has 1 unspecified atom stereocenters. The highest BCUT2D eigenvalue weighted by Gasteiger charge is 2.16. The molecule has 1 aromatic carbocycles. The SMILES string of the molecule is Cc1sc2nc(C(C)Nc3ccc(Br)cc3)nc(N)c2c1C. The second-order valence-electron chi connectivity index (χ2n) is 5.30. The van der Waals surface area contributed by atoms with Crippen LogP contribution in [0.25, 0.3) is 10.2 Å². The van der Waals surface area contributed by atoms with Crippen LogP contribution in [0, 0.1) is 13.8 Å². The molecule has 4 nitrogen and oxygen atoms in total. The van der Waals surface area contributed by atoms with E-state index in [0.29, 0.717) is 11.6 Å². The molecule has 0 spiro atoms. The minimum atomic E-state index is -0.0180. The van der Waals surface area contributed by atoms with Gasteiger partial charge in [0, 0.05) is 15.0 Å². The molecule has 22 heavy (non-hydrogen) atoms. The summed E-state index contributed by atoms with van der Waals surface area (Å²) in [7, 11) is 0. The third-order valence-corrected chi connectivity index (χ3v) is 5.32. The highest BCUT2D eigenvalue weighted by atomic mass is 79.9. The van der Waals surface area contributed by atoms with Crippen LogP contribution in [-0.4, -0.2) is 9.97 Å². The minimum absolute atomic E-state index is 0.0180. The van der Waals surface area contributed by atoms with Crippen LogP contribution in [0.3, 0.4) is 0 Å². The molecule has 3 rings (SSSR count). The number of halogens is 1. The Bertz CT molecular complexity index is 826. The molecule has 0 amide bonds. The molecule has 2 heterocycles. The molecule has 3 N–H and O–H groups in total. The minimum Gasteiger partial charge on any atom is -0.383 e. The van der Waals surface area contributed by atoms with E-state index in [-0.39, 0.29) is 6.04 Å². The fraction of sp³-hybridized carbons (Fsp3) is 0.250. The van der Waals surface area contributed by atoms with Crippen molar-refractivity contribution in [1.29, 1.82) is 0 Å². The number of hydrogen-bond donors (Lipinski definition) is 2. The topological polar surface area (TPSA) is 63.8 Å². The summed E-state index contributed by atoms with van der Waals surface area (Å²) in [6, 6.07) is 8.01. The van der Waals surface area contributed by atoms with Crippen LogP contribution >= 0.6 is 27.3 Å². The highest BCUT2D eigenvalue weighted by molar-refractivity contribution is 9.10. The smallest absolute Gasteiger partial charge is 0.154 e. The van der Waals surface area contributed by atoms with Crippen molar-refractivity contribution in [3.05, 3.63) is 45.0 Å². The van der Waals surface area contributed by atoms with Crippen molar-refractivity contribution >= 4 is 49.0 Å². The lowest BCUT2D eigenvalue weighted by Gasteiger charge is -2.14. The van der Waals surface area contributed by atoms with E-state index in [1.807, 2.05) is 31.2 Å². The van der Waals surface area contributed by atoms with Crippen LogP contribution < -0.4 is 11.1 Å². The van der Waals surface area contributed by atoms with Gasteiger partial charge in [-0.3, -0.25) is 0 Å². The Morgan fingerprint density at radius 3 is 2.55 bits per heavy atom. The zero-order chi connectivity index (χ0) is 15.9. The van der Waals surface area contributed by atoms with E-state index in [0.717, 1.165) is 20.4 Å². The third-order valence-electron chi connectivity index (χ3n) is 3.69. The van der Waals surface area contributed by atoms with E-state index < -0.39 is 0 Å². The Kier molecular flexibility index (Phi) is 4.06. The zero-order valence-electron chi connectivity index (χ0n) is 12.6. The first-order valence-electron chi connectivity index (χ1n) is 7.01. The molecule has 3 aromatic rings. The summed E-state index contributed by atoms with van der Waals surface area (Å²) in [5.74, 6) is 1.28. The molecule has 6 heteroatoms. The number of nitrogens with zero attached hydrogens (tertiary/aromatic N) is 2. The van der Waals surface area contributed by atoms with Crippen molar-refractivity contribution in [2.45, 2.75) is 26.8 Å². The Balaban J connectivity index is 1.94. The quantitative estimate of drug-likeness (QED) is 0.687. The number of nitrogens with one attached hydrogen (secondary N) is 1. The molecule has 0 fully saturated rings. The normalized spacial score (nSPS) is 12.5. The molecular formula is C16H17BrN4S. The Hall–Kier alpha value is -1.66. The van der Waals surface area contributed by atoms with Gasteiger partial charge in [-0.1, -0.05) is 15.9 Å². The van der Waals surface area contributed by atoms with Gasteiger partial charge >= 0.3 is 0 Å². The van der Waals surface area contributed by atoms with Gasteiger partial charge < -0.3 is 11.1 Å². The fourth-order valence-corrected chi connectivity index (χ4v) is 3.66. The van der Waals surface area contributed by atoms with Crippen LogP contribution in [0.15, 0.2) is 28.7 Å². The van der Waals surface area contributed by atoms with Crippen molar-refractivity contribution in [1.82, 2.24) is 9.97 Å². The Morgan fingerprint density at radius 1 is 1.18 bits per heavy atom. The lowest BCUT2D eigenvalue weighted by atomic mass is 10.2. The molecule has 0 aliphatic heterocycles. The molecule has 0 aliphatic rings. The second-order valence-corrected chi connectivity index (χ2v) is 7.42. The van der Waals surface area contributed by atoms with Gasteiger partial charge in [-0.2, -0.15) is 0 Å². The van der Waals surface area contributed by atoms with E-state index in [2.05, 4.69) is 45.1 Å². The maximum atomic E-state index is 6.14. The average molecular weight is 377 g/mol. The predicted octanol–water partition coefficient (Wildman–Crippen LogP) is 4.83. The number of hydrogen-bond acceptors (Lipinski definition) is 5. The van der Waals surface area contributed by atoms with Crippen molar-refractivity contribution in [2.75, 3.05) is 11.1 Å². The van der Waals surface area contributed by atoms with E-state index in [4.69, 9.17) is 5.73 Å². The predicted molar refractivity (Wildman–Crippen MR) is 97.5 cm³/mol. The first-order chi connectivity index (χ1) is 10.5. The maximum Gasteiger partial charge on any atom is 0.154 e. The number of nitrogen functional groups attached to an aromatic ring is 1. The van der Waals surface area contributed by atoms with Crippen molar-refractivity contribution in [3.63, 3.8) is 0 Å². The van der Waals surface area contributed by atoms with Gasteiger partial charge in [0.15, 0.2) is 5.82 Å². The van der Waals surface area contributed by atoms with E-state index >= 15 is 0 Å². The van der Waals surface area contributed by atoms with E-state index in [9.17, 15) is 0 Å². The van der Waals surface area contributed by atoms with Gasteiger partial charge in [0.05, 0.1) is 11.4 Å². The lowest BCUT2D eigenvalue weighted by Crippen LogP contribution is -2.11. The Morgan fingerprint density at radius 2 is 1.86 bits per heavy atom. The molecule has 114 valence electrons. The third kappa shape index (κ3) is 2.80. The van der Waals surface area contributed by atoms with E-state index in [1.54, 1.807) is 11.3 Å². The maximum absolute atomic E-state index is 6.14. The molecule has 1 atom stereocenters. The lowest BCUT2D eigenvalue weighted by molar-refractivity contribution is 0.802. The number of nitrogens with two attached hydrogens (primary N) is 1. The molecular weight excluding hydrogens is 360 g/mol. The fourth-order valence-electron chi connectivity index (χ4n) is 2.35. The largest absolute Gasteiger partial charge is 0.383 e. The molecule has 0 radical (unpaired) electrons. The van der Waals surface area contributed by atoms with Crippen LogP contribution in [0.4, 0.5) is 11.5 Å². The van der Waals surface area contributed by atoms with Gasteiger partial charge in [0.1, 0.15) is 10.6 Å². The number of rotatable bonds is 3. The summed E-state index contributed by atoms with van der Waals surface area (Å²) in [5, 5.41) is 4.39. The average Bonchev–Trinajstić information content (AvgIpc) is 2.77. The number of anilines is 2. The summed E-state index contributed by atoms with van der Waals surface area (Å²) in [6.45, 7) is 6.19. The highest BCUT2D eigenvalue weighted by Crippen LogP contribution is 2.33. The summed E-state index contributed by atoms with van der Waals surface area (Å²) in [6.07, 6.45) is 0. The van der Waals surface area contributed by atoms with Gasteiger partial charge in [-0.25, -0.2) is 9.97 Å². The number of aryl methyl sites for hydroxylation is 2. The summed E-state index contributed by atoms with van der Waals surface area (Å²) in [5.41, 5.74) is 8.35. The first kappa shape index (κ1) is 15.2. The molecule has 0 bridgehead atoms. The molecule has 2 aromatic heterocycles. The van der Waals surface area contributed by atoms with Gasteiger partial charge in [-0.15, -0.1) is 11.3 Å². The van der Waals surface area contributed by atoms with Gasteiger partial charge in [0.2, 0.25) is 0 Å². The van der Waals surface area contributed by atoms with Crippen LogP contribution in [0.2, 0.25) is 0 Å². The summed E-state index contributed by atoms with van der Waals surface area (Å²) < 4.78 is 1.05. The van der Waals surface area contributed by atoms with Crippen molar-refractivity contribution in [2.24, 2.45) is 0 Å². The van der Waals surface area contributed by atoms with Crippen molar-refractivity contribution < 1.29 is 0 Å². The Labute approximate surface area is 141 Å². The number of thiophene rings is 1. The van der Waals surface area contributed by atoms with Gasteiger partial charge in [0.25, 0.3) is 0 Å². The molecule has 0 saturated carbocycles. The zero-order valence-corrected chi connectivity index (χ0v) is 15.0. The second kappa shape index (κ2) is 5.85. The summed E-state index contributed by atoms with van der Waals surface area (Å²) in [4.78, 5) is 11.4. The van der Waals surface area contributed by atoms with Crippen LogP contribution in [0.5, 0.6) is 0 Å².